The maximum absolute atomic E-state index is 12.7. The predicted molar refractivity (Wildman–Crippen MR) is 108 cm³/mol. The lowest BCUT2D eigenvalue weighted by molar-refractivity contribution is -0.126. The van der Waals surface area contributed by atoms with Gasteiger partial charge in [-0.3, -0.25) is 9.89 Å². The van der Waals surface area contributed by atoms with Crippen molar-refractivity contribution in [1.29, 1.82) is 0 Å². The fraction of sp³-hybridized carbons (Fsp3) is 0.318. The Hall–Kier alpha value is -3.03. The van der Waals surface area contributed by atoms with Crippen LogP contribution in [0.5, 0.6) is 0 Å². The van der Waals surface area contributed by atoms with E-state index < -0.39 is 6.10 Å². The molecule has 0 spiro atoms. The Bertz CT molecular complexity index is 987. The minimum absolute atomic E-state index is 0.0850. The van der Waals surface area contributed by atoms with E-state index in [1.165, 1.54) is 0 Å². The summed E-state index contributed by atoms with van der Waals surface area (Å²) in [6.07, 6.45) is 0.475. The first-order valence-corrected chi connectivity index (χ1v) is 9.86. The highest BCUT2D eigenvalue weighted by Gasteiger charge is 2.42. The molecule has 3 aromatic rings. The highest BCUT2D eigenvalue weighted by atomic mass is 16.5. The molecule has 0 aliphatic carbocycles. The molecule has 29 heavy (non-hydrogen) atoms. The Morgan fingerprint density at radius 1 is 1.03 bits per heavy atom. The Balaban J connectivity index is 1.26. The first-order valence-electron chi connectivity index (χ1n) is 9.86. The largest absolute Gasteiger partial charge is 0.381 e. The zero-order valence-electron chi connectivity index (χ0n) is 15.9. The third-order valence-electron chi connectivity index (χ3n) is 5.61. The number of anilines is 1. The van der Waals surface area contributed by atoms with Crippen molar-refractivity contribution < 1.29 is 14.3 Å². The highest BCUT2D eigenvalue weighted by molar-refractivity contribution is 5.94. The molecule has 7 nitrogen and oxygen atoms in total. The van der Waals surface area contributed by atoms with Crippen LogP contribution in [0.1, 0.15) is 6.42 Å². The summed E-state index contributed by atoms with van der Waals surface area (Å²) in [6, 6.07) is 17.4. The minimum Gasteiger partial charge on any atom is -0.381 e. The van der Waals surface area contributed by atoms with Crippen LogP contribution in [0, 0.1) is 11.8 Å². The van der Waals surface area contributed by atoms with E-state index >= 15 is 0 Å². The zero-order chi connectivity index (χ0) is 19.6. The molecule has 2 fully saturated rings. The Morgan fingerprint density at radius 2 is 1.86 bits per heavy atom. The van der Waals surface area contributed by atoms with Gasteiger partial charge < -0.3 is 14.8 Å². The van der Waals surface area contributed by atoms with Crippen LogP contribution in [0.3, 0.4) is 0 Å². The number of hydrogen-bond acceptors (Lipinski definition) is 5. The van der Waals surface area contributed by atoms with E-state index in [9.17, 15) is 4.79 Å². The van der Waals surface area contributed by atoms with Crippen molar-refractivity contribution in [1.82, 2.24) is 15.2 Å². The second-order valence-corrected chi connectivity index (χ2v) is 7.48. The molecule has 3 heterocycles. The van der Waals surface area contributed by atoms with Crippen LogP contribution in [0.2, 0.25) is 0 Å². The van der Waals surface area contributed by atoms with Gasteiger partial charge in [0, 0.05) is 35.3 Å². The number of nitrogens with one attached hydrogen (secondary N) is 2. The summed E-state index contributed by atoms with van der Waals surface area (Å²) in [5.41, 5.74) is 2.60. The topological polar surface area (TPSA) is 89.1 Å². The van der Waals surface area contributed by atoms with Gasteiger partial charge in [-0.1, -0.05) is 30.3 Å². The highest BCUT2D eigenvalue weighted by Crippen LogP contribution is 2.34. The third-order valence-corrected chi connectivity index (χ3v) is 5.61. The number of ether oxygens (including phenoxy) is 2. The maximum atomic E-state index is 12.7. The number of nitrogens with zero attached hydrogens (tertiary/aromatic N) is 2. The van der Waals surface area contributed by atoms with E-state index in [1.807, 2.05) is 54.6 Å². The average Bonchev–Trinajstić information content (AvgIpc) is 3.43. The van der Waals surface area contributed by atoms with Crippen LogP contribution in [-0.2, 0) is 14.3 Å². The lowest BCUT2D eigenvalue weighted by Crippen LogP contribution is -2.37. The van der Waals surface area contributed by atoms with Crippen molar-refractivity contribution in [2.75, 3.05) is 25.1 Å². The maximum Gasteiger partial charge on any atom is 0.253 e. The van der Waals surface area contributed by atoms with Crippen LogP contribution in [0.15, 0.2) is 54.6 Å². The minimum atomic E-state index is -0.397. The molecule has 7 heteroatoms. The van der Waals surface area contributed by atoms with Crippen molar-refractivity contribution >= 4 is 11.6 Å². The van der Waals surface area contributed by atoms with Gasteiger partial charge in [-0.2, -0.15) is 5.10 Å². The van der Waals surface area contributed by atoms with Crippen LogP contribution in [-0.4, -0.2) is 47.0 Å². The summed E-state index contributed by atoms with van der Waals surface area (Å²) < 4.78 is 11.2. The Kier molecular flexibility index (Phi) is 4.83. The fourth-order valence-electron chi connectivity index (χ4n) is 4.04. The molecule has 1 aromatic heterocycles. The van der Waals surface area contributed by atoms with Crippen molar-refractivity contribution in [3.63, 3.8) is 0 Å². The molecule has 2 aliphatic rings. The molecule has 2 N–H and O–H groups in total. The number of benzene rings is 2. The van der Waals surface area contributed by atoms with Crippen molar-refractivity contribution in [2.45, 2.75) is 12.5 Å². The second-order valence-electron chi connectivity index (χ2n) is 7.48. The first-order chi connectivity index (χ1) is 14.3. The molecular formula is C22H22N4O3. The molecule has 0 bridgehead atoms. The van der Waals surface area contributed by atoms with Crippen LogP contribution >= 0.6 is 0 Å². The normalized spacial score (nSPS) is 23.5. The van der Waals surface area contributed by atoms with Gasteiger partial charge in [-0.05, 0) is 30.7 Å². The first kappa shape index (κ1) is 18.0. The number of fused-ring (bicyclic) bond motifs is 1. The zero-order valence-corrected chi connectivity index (χ0v) is 15.9. The molecule has 0 unspecified atom stereocenters. The number of hydrogen-bond donors (Lipinski definition) is 2. The van der Waals surface area contributed by atoms with E-state index in [4.69, 9.17) is 9.47 Å². The molecule has 148 valence electrons. The van der Waals surface area contributed by atoms with Crippen molar-refractivity contribution in [2.24, 2.45) is 11.8 Å². The standard InChI is InChI=1S/C22H22N4O3/c27-22(19-18-10-11-28-12-16(18)13-29-19)23-17-8-6-15(7-9-17)21-24-20(25-26-21)14-4-2-1-3-5-14/h1-9,16,18-19H,10-13H2,(H,23,27)(H,24,25,26)/t16-,18-,19-/m1/s1. The van der Waals surface area contributed by atoms with Crippen molar-refractivity contribution in [3.05, 3.63) is 54.6 Å². The van der Waals surface area contributed by atoms with Gasteiger partial charge in [0.2, 0.25) is 0 Å². The smallest absolute Gasteiger partial charge is 0.253 e. The molecule has 2 saturated heterocycles. The molecule has 0 radical (unpaired) electrons. The summed E-state index contributed by atoms with van der Waals surface area (Å²) in [5, 5.41) is 10.2. The summed E-state index contributed by atoms with van der Waals surface area (Å²) >= 11 is 0. The fourth-order valence-corrected chi connectivity index (χ4v) is 4.04. The van der Waals surface area contributed by atoms with E-state index in [-0.39, 0.29) is 11.8 Å². The van der Waals surface area contributed by atoms with Crippen LogP contribution < -0.4 is 5.32 Å². The average molecular weight is 390 g/mol. The van der Waals surface area contributed by atoms with Crippen LogP contribution in [0.4, 0.5) is 5.69 Å². The van der Waals surface area contributed by atoms with Crippen LogP contribution in [0.25, 0.3) is 22.8 Å². The number of aromatic nitrogens is 3. The number of H-pyrrole nitrogens is 1. The number of carbonyl (C=O) groups excluding carboxylic acids is 1. The summed E-state index contributed by atoms with van der Waals surface area (Å²) in [5.74, 6) is 1.83. The number of amides is 1. The monoisotopic (exact) mass is 390 g/mol. The quantitative estimate of drug-likeness (QED) is 0.714. The van der Waals surface area contributed by atoms with E-state index in [1.54, 1.807) is 0 Å². The second kappa shape index (κ2) is 7.77. The summed E-state index contributed by atoms with van der Waals surface area (Å²) in [6.45, 7) is 1.98. The van der Waals surface area contributed by atoms with E-state index in [0.29, 0.717) is 37.4 Å². The van der Waals surface area contributed by atoms with Gasteiger partial charge in [0.25, 0.3) is 5.91 Å². The number of carbonyl (C=O) groups is 1. The number of rotatable bonds is 4. The molecule has 1 amide bonds. The van der Waals surface area contributed by atoms with Gasteiger partial charge >= 0.3 is 0 Å². The van der Waals surface area contributed by atoms with Gasteiger partial charge in [0.15, 0.2) is 11.6 Å². The van der Waals surface area contributed by atoms with E-state index in [2.05, 4.69) is 20.5 Å². The lowest BCUT2D eigenvalue weighted by atomic mass is 9.86. The predicted octanol–water partition coefficient (Wildman–Crippen LogP) is 3.13. The molecule has 5 rings (SSSR count). The Labute approximate surface area is 168 Å². The van der Waals surface area contributed by atoms with Crippen molar-refractivity contribution in [3.8, 4) is 22.8 Å². The third kappa shape index (κ3) is 3.66. The van der Waals surface area contributed by atoms with Gasteiger partial charge in [-0.25, -0.2) is 4.98 Å². The lowest BCUT2D eigenvalue weighted by Gasteiger charge is -2.26. The summed E-state index contributed by atoms with van der Waals surface area (Å²) in [7, 11) is 0. The van der Waals surface area contributed by atoms with Gasteiger partial charge in [0.05, 0.1) is 13.2 Å². The van der Waals surface area contributed by atoms with Gasteiger partial charge in [-0.15, -0.1) is 0 Å². The number of aromatic amines is 1. The molecule has 3 atom stereocenters. The molecule has 0 saturated carbocycles. The molecule has 2 aliphatic heterocycles. The Morgan fingerprint density at radius 3 is 2.69 bits per heavy atom. The molecular weight excluding hydrogens is 368 g/mol. The van der Waals surface area contributed by atoms with Gasteiger partial charge in [0.1, 0.15) is 6.10 Å². The SMILES string of the molecule is O=C(Nc1ccc(-c2nc(-c3ccccc3)n[nH]2)cc1)[C@@H]1OC[C@H]2COCC[C@H]21. The summed E-state index contributed by atoms with van der Waals surface area (Å²) in [4.78, 5) is 17.2. The van der Waals surface area contributed by atoms with E-state index in [0.717, 1.165) is 23.2 Å². The molecule has 2 aromatic carbocycles.